The fourth-order valence-electron chi connectivity index (χ4n) is 3.43. The van der Waals surface area contributed by atoms with Crippen LogP contribution in [0.25, 0.3) is 22.2 Å². The molecule has 0 spiro atoms. The van der Waals surface area contributed by atoms with Gasteiger partial charge in [0.05, 0.1) is 29.0 Å². The average molecular weight is 551 g/mol. The summed E-state index contributed by atoms with van der Waals surface area (Å²) in [7, 11) is -3.99. The van der Waals surface area contributed by atoms with Crippen molar-refractivity contribution >= 4 is 26.7 Å². The Labute approximate surface area is 215 Å². The van der Waals surface area contributed by atoms with Gasteiger partial charge < -0.3 is 9.73 Å². The highest BCUT2D eigenvalue weighted by atomic mass is 32.2. The van der Waals surface area contributed by atoms with E-state index in [1.165, 1.54) is 38.2 Å². The average Bonchev–Trinajstić information content (AvgIpc) is 3.30. The molecule has 0 aliphatic heterocycles. The number of carbonyl (C=O) groups is 1. The van der Waals surface area contributed by atoms with Crippen molar-refractivity contribution in [2.24, 2.45) is 0 Å². The summed E-state index contributed by atoms with van der Waals surface area (Å²) in [6, 6.07) is 10.2. The van der Waals surface area contributed by atoms with Gasteiger partial charge in [-0.05, 0) is 56.3 Å². The van der Waals surface area contributed by atoms with Crippen molar-refractivity contribution < 1.29 is 35.2 Å². The largest absolute Gasteiger partial charge is 0.445 e. The third-order valence-electron chi connectivity index (χ3n) is 5.67. The van der Waals surface area contributed by atoms with Crippen molar-refractivity contribution in [2.75, 3.05) is 5.88 Å². The molecule has 2 N–H and O–H groups in total. The Morgan fingerprint density at radius 1 is 1.03 bits per heavy atom. The highest BCUT2D eigenvalue weighted by Crippen LogP contribution is 2.30. The Bertz CT molecular complexity index is 1580. The third-order valence-corrected chi connectivity index (χ3v) is 7.01. The molecule has 0 saturated carbocycles. The quantitative estimate of drug-likeness (QED) is 0.311. The van der Waals surface area contributed by atoms with Crippen LogP contribution in [0.5, 0.6) is 0 Å². The van der Waals surface area contributed by atoms with Crippen LogP contribution in [0.2, 0.25) is 0 Å². The predicted molar refractivity (Wildman–Crippen MR) is 130 cm³/mol. The normalized spacial score (nSPS) is 12.6. The van der Waals surface area contributed by atoms with E-state index in [2.05, 4.69) is 20.6 Å². The van der Waals surface area contributed by atoms with E-state index in [1.54, 1.807) is 12.1 Å². The Hall–Kier alpha value is -3.84. The van der Waals surface area contributed by atoms with Crippen molar-refractivity contribution in [3.05, 3.63) is 78.0 Å². The van der Waals surface area contributed by atoms with Crippen LogP contribution in [0.15, 0.2) is 70.4 Å². The molecule has 0 atom stereocenters. The van der Waals surface area contributed by atoms with E-state index in [9.17, 15) is 30.8 Å². The van der Waals surface area contributed by atoms with Gasteiger partial charge >= 0.3 is 6.18 Å². The summed E-state index contributed by atoms with van der Waals surface area (Å²) < 4.78 is 82.5. The molecule has 4 aromatic rings. The van der Waals surface area contributed by atoms with E-state index in [0.29, 0.717) is 22.3 Å². The summed E-state index contributed by atoms with van der Waals surface area (Å²) in [5.74, 6) is -1.68. The first-order valence-corrected chi connectivity index (χ1v) is 12.8. The number of sulfone groups is 1. The molecular formula is C25H22F4N4O4S. The highest BCUT2D eigenvalue weighted by Gasteiger charge is 2.31. The number of rotatable bonds is 8. The molecule has 8 nitrogen and oxygen atoms in total. The Morgan fingerprint density at radius 2 is 1.79 bits per heavy atom. The number of halogens is 4. The molecule has 0 unspecified atom stereocenters. The molecule has 13 heteroatoms. The number of benzene rings is 1. The number of nitrogens with one attached hydrogen (secondary N) is 2. The van der Waals surface area contributed by atoms with E-state index < -0.39 is 44.7 Å². The van der Waals surface area contributed by atoms with Crippen LogP contribution in [0.3, 0.4) is 0 Å². The molecule has 3 aromatic heterocycles. The number of aromatic nitrogens is 2. The molecule has 200 valence electrons. The second kappa shape index (κ2) is 10.1. The summed E-state index contributed by atoms with van der Waals surface area (Å²) in [4.78, 5) is 20.8. The predicted octanol–water partition coefficient (Wildman–Crippen LogP) is 4.46. The SMILES string of the molecule is CC(C)(NCS(=O)(=O)c1cc2cc(F)ccc2o1)C(=O)NCc1cc(-c2ccc(C(F)(F)F)cn2)ccn1. The van der Waals surface area contributed by atoms with E-state index in [4.69, 9.17) is 4.42 Å². The summed E-state index contributed by atoms with van der Waals surface area (Å²) in [5, 5.41) is 5.28. The van der Waals surface area contributed by atoms with Crippen LogP contribution in [0, 0.1) is 5.82 Å². The van der Waals surface area contributed by atoms with Crippen LogP contribution >= 0.6 is 0 Å². The van der Waals surface area contributed by atoms with Gasteiger partial charge in [-0.25, -0.2) is 12.8 Å². The minimum absolute atomic E-state index is 0.0275. The van der Waals surface area contributed by atoms with Gasteiger partial charge in [-0.15, -0.1) is 0 Å². The number of hydrogen-bond acceptors (Lipinski definition) is 7. The number of alkyl halides is 3. The molecule has 0 radical (unpaired) electrons. The molecule has 38 heavy (non-hydrogen) atoms. The lowest BCUT2D eigenvalue weighted by atomic mass is 10.1. The van der Waals surface area contributed by atoms with Crippen molar-refractivity contribution in [3.8, 4) is 11.3 Å². The van der Waals surface area contributed by atoms with Crippen LogP contribution in [0.1, 0.15) is 25.1 Å². The minimum atomic E-state index is -4.50. The monoisotopic (exact) mass is 550 g/mol. The molecule has 3 heterocycles. The van der Waals surface area contributed by atoms with Gasteiger partial charge in [0.25, 0.3) is 0 Å². The van der Waals surface area contributed by atoms with E-state index in [1.807, 2.05) is 0 Å². The highest BCUT2D eigenvalue weighted by molar-refractivity contribution is 7.91. The van der Waals surface area contributed by atoms with Gasteiger partial charge in [-0.3, -0.25) is 20.1 Å². The van der Waals surface area contributed by atoms with Gasteiger partial charge in [-0.1, -0.05) is 0 Å². The van der Waals surface area contributed by atoms with Crippen molar-refractivity contribution in [2.45, 2.75) is 37.2 Å². The van der Waals surface area contributed by atoms with E-state index >= 15 is 0 Å². The first-order valence-electron chi connectivity index (χ1n) is 11.2. The zero-order valence-corrected chi connectivity index (χ0v) is 21.0. The molecule has 0 saturated heterocycles. The molecule has 1 aromatic carbocycles. The summed E-state index contributed by atoms with van der Waals surface area (Å²) >= 11 is 0. The van der Waals surface area contributed by atoms with Gasteiger partial charge in [-0.2, -0.15) is 13.2 Å². The molecule has 0 aliphatic rings. The summed E-state index contributed by atoms with van der Waals surface area (Å²) in [6.45, 7) is 2.95. The first-order chi connectivity index (χ1) is 17.7. The fourth-order valence-corrected chi connectivity index (χ4v) is 4.64. The number of carbonyl (C=O) groups excluding carboxylic acids is 1. The smallest absolute Gasteiger partial charge is 0.417 e. The minimum Gasteiger partial charge on any atom is -0.445 e. The fraction of sp³-hybridized carbons (Fsp3) is 0.240. The lowest BCUT2D eigenvalue weighted by molar-refractivity contribution is -0.137. The van der Waals surface area contributed by atoms with E-state index in [-0.39, 0.29) is 17.2 Å². The van der Waals surface area contributed by atoms with Crippen LogP contribution in [-0.2, 0) is 27.4 Å². The second-order valence-corrected chi connectivity index (χ2v) is 10.9. The van der Waals surface area contributed by atoms with Crippen molar-refractivity contribution in [1.29, 1.82) is 0 Å². The lowest BCUT2D eigenvalue weighted by Crippen LogP contribution is -2.53. The second-order valence-electron chi connectivity index (χ2n) is 8.96. The number of amides is 1. The Morgan fingerprint density at radius 3 is 2.47 bits per heavy atom. The van der Waals surface area contributed by atoms with Gasteiger partial charge in [0, 0.05) is 29.4 Å². The maximum atomic E-state index is 13.4. The van der Waals surface area contributed by atoms with Gasteiger partial charge in [0.2, 0.25) is 20.8 Å². The van der Waals surface area contributed by atoms with Crippen LogP contribution in [-0.4, -0.2) is 35.7 Å². The number of furan rings is 1. The van der Waals surface area contributed by atoms with Gasteiger partial charge in [0.15, 0.2) is 0 Å². The number of pyridine rings is 2. The molecule has 0 aliphatic carbocycles. The molecule has 0 bridgehead atoms. The zero-order valence-electron chi connectivity index (χ0n) is 20.1. The van der Waals surface area contributed by atoms with Gasteiger partial charge in [0.1, 0.15) is 17.3 Å². The number of nitrogens with zero attached hydrogens (tertiary/aromatic N) is 2. The molecular weight excluding hydrogens is 528 g/mol. The standard InChI is InChI=1S/C25H22F4N4O4S/c1-24(2,33-14-38(35,36)22-11-16-9-18(26)4-6-21(16)37-22)23(34)32-13-19-10-15(7-8-30-19)20-5-3-17(12-31-20)25(27,28)29/h3-12,33H,13-14H2,1-2H3,(H,32,34). The first kappa shape index (κ1) is 27.2. The third kappa shape index (κ3) is 6.17. The summed E-state index contributed by atoms with van der Waals surface area (Å²) in [6.07, 6.45) is -2.32. The molecule has 4 rings (SSSR count). The van der Waals surface area contributed by atoms with Crippen molar-refractivity contribution in [1.82, 2.24) is 20.6 Å². The Balaban J connectivity index is 1.38. The summed E-state index contributed by atoms with van der Waals surface area (Å²) in [5.41, 5.74) is -0.759. The maximum Gasteiger partial charge on any atom is 0.417 e. The molecule has 1 amide bonds. The maximum absolute atomic E-state index is 13.4. The number of hydrogen-bond donors (Lipinski definition) is 2. The zero-order chi connectivity index (χ0) is 27.7. The molecule has 0 fully saturated rings. The van der Waals surface area contributed by atoms with Crippen LogP contribution in [0.4, 0.5) is 17.6 Å². The topological polar surface area (TPSA) is 114 Å². The Kier molecular flexibility index (Phi) is 7.26. The number of fused-ring (bicyclic) bond motifs is 1. The lowest BCUT2D eigenvalue weighted by Gasteiger charge is -2.24. The van der Waals surface area contributed by atoms with E-state index in [0.717, 1.165) is 24.4 Å². The van der Waals surface area contributed by atoms with Crippen LogP contribution < -0.4 is 10.6 Å². The van der Waals surface area contributed by atoms with Crippen molar-refractivity contribution in [3.63, 3.8) is 0 Å².